The second-order valence-corrected chi connectivity index (χ2v) is 2.59. The summed E-state index contributed by atoms with van der Waals surface area (Å²) in [6.45, 7) is 3.59. The van der Waals surface area contributed by atoms with Gasteiger partial charge in [0.05, 0.1) is 0 Å². The number of hydrogen-bond donors (Lipinski definition) is 1. The van der Waals surface area contributed by atoms with Gasteiger partial charge in [0.2, 0.25) is 0 Å². The van der Waals surface area contributed by atoms with E-state index in [4.69, 9.17) is 0 Å². The van der Waals surface area contributed by atoms with Gasteiger partial charge >= 0.3 is 0 Å². The molecule has 8 heavy (non-hydrogen) atoms. The molecule has 0 amide bonds. The fourth-order valence-electron chi connectivity index (χ4n) is 1.47. The summed E-state index contributed by atoms with van der Waals surface area (Å²) >= 11 is 0. The fraction of sp³-hybridized carbons (Fsp3) is 0.833. The molecule has 2 nitrogen and oxygen atoms in total. The molecule has 2 saturated heterocycles. The van der Waals surface area contributed by atoms with E-state index in [1.54, 1.807) is 0 Å². The van der Waals surface area contributed by atoms with Gasteiger partial charge in [0.15, 0.2) is 0 Å². The minimum atomic E-state index is 0.899. The highest BCUT2D eigenvalue weighted by Crippen LogP contribution is 2.19. The van der Waals surface area contributed by atoms with Crippen molar-refractivity contribution in [2.75, 3.05) is 19.6 Å². The summed E-state index contributed by atoms with van der Waals surface area (Å²) in [4.78, 5) is 0. The highest BCUT2D eigenvalue weighted by molar-refractivity contribution is 4.89. The SMILES string of the molecule is [CH]1CNN2CCC1C2. The molecule has 0 spiro atoms. The minimum Gasteiger partial charge on any atom is -0.255 e. The lowest BCUT2D eigenvalue weighted by atomic mass is 10.1. The third-order valence-corrected chi connectivity index (χ3v) is 1.99. The molecule has 2 heterocycles. The van der Waals surface area contributed by atoms with Gasteiger partial charge in [0.1, 0.15) is 0 Å². The molecule has 0 aromatic carbocycles. The first-order valence-corrected chi connectivity index (χ1v) is 3.27. The lowest BCUT2D eigenvalue weighted by Gasteiger charge is -2.22. The molecule has 2 fully saturated rings. The van der Waals surface area contributed by atoms with Crippen LogP contribution in [-0.2, 0) is 0 Å². The van der Waals surface area contributed by atoms with E-state index in [0.29, 0.717) is 0 Å². The van der Waals surface area contributed by atoms with Gasteiger partial charge in [-0.05, 0) is 18.8 Å². The summed E-state index contributed by atoms with van der Waals surface area (Å²) < 4.78 is 0. The Morgan fingerprint density at radius 2 is 2.62 bits per heavy atom. The van der Waals surface area contributed by atoms with Crippen LogP contribution in [0.3, 0.4) is 0 Å². The number of hydrazine groups is 1. The summed E-state index contributed by atoms with van der Waals surface area (Å²) in [5.41, 5.74) is 3.29. The van der Waals surface area contributed by atoms with Crippen LogP contribution in [-0.4, -0.2) is 24.6 Å². The third-order valence-electron chi connectivity index (χ3n) is 1.99. The molecule has 0 saturated carbocycles. The van der Waals surface area contributed by atoms with Crippen molar-refractivity contribution in [3.05, 3.63) is 6.42 Å². The molecule has 2 aliphatic heterocycles. The maximum Gasteiger partial charge on any atom is 0.0163 e. The van der Waals surface area contributed by atoms with Crippen LogP contribution in [0, 0.1) is 12.3 Å². The number of nitrogens with one attached hydrogen (secondary N) is 1. The molecule has 2 aliphatic rings. The van der Waals surface area contributed by atoms with E-state index < -0.39 is 0 Å². The topological polar surface area (TPSA) is 15.3 Å². The van der Waals surface area contributed by atoms with Crippen LogP contribution < -0.4 is 5.43 Å². The Morgan fingerprint density at radius 3 is 3.38 bits per heavy atom. The monoisotopic (exact) mass is 111 g/mol. The van der Waals surface area contributed by atoms with E-state index in [9.17, 15) is 0 Å². The van der Waals surface area contributed by atoms with Crippen LogP contribution in [0.5, 0.6) is 0 Å². The van der Waals surface area contributed by atoms with Crippen molar-refractivity contribution >= 4 is 0 Å². The van der Waals surface area contributed by atoms with E-state index in [1.165, 1.54) is 19.5 Å². The van der Waals surface area contributed by atoms with Crippen LogP contribution >= 0.6 is 0 Å². The second-order valence-electron chi connectivity index (χ2n) is 2.59. The normalized spacial score (nSPS) is 45.0. The summed E-state index contributed by atoms with van der Waals surface area (Å²) in [6.07, 6.45) is 3.75. The highest BCUT2D eigenvalue weighted by atomic mass is 15.5. The summed E-state index contributed by atoms with van der Waals surface area (Å²) in [7, 11) is 0. The van der Waals surface area contributed by atoms with E-state index in [1.807, 2.05) is 0 Å². The van der Waals surface area contributed by atoms with Crippen molar-refractivity contribution in [3.63, 3.8) is 0 Å². The first-order chi connectivity index (χ1) is 3.95. The maximum absolute atomic E-state index is 3.29. The number of nitrogens with zero attached hydrogens (tertiary/aromatic N) is 1. The van der Waals surface area contributed by atoms with E-state index in [-0.39, 0.29) is 0 Å². The van der Waals surface area contributed by atoms with Gasteiger partial charge in [-0.25, -0.2) is 5.01 Å². The molecule has 2 rings (SSSR count). The largest absolute Gasteiger partial charge is 0.255 e. The van der Waals surface area contributed by atoms with Gasteiger partial charge in [0.25, 0.3) is 0 Å². The van der Waals surface area contributed by atoms with Crippen molar-refractivity contribution in [1.29, 1.82) is 0 Å². The van der Waals surface area contributed by atoms with Crippen molar-refractivity contribution < 1.29 is 0 Å². The second kappa shape index (κ2) is 1.71. The molecule has 0 aliphatic carbocycles. The first-order valence-electron chi connectivity index (χ1n) is 3.27. The van der Waals surface area contributed by atoms with E-state index in [2.05, 4.69) is 16.9 Å². The Morgan fingerprint density at radius 1 is 1.62 bits per heavy atom. The predicted molar refractivity (Wildman–Crippen MR) is 32.0 cm³/mol. The number of hydrogen-bond acceptors (Lipinski definition) is 2. The summed E-state index contributed by atoms with van der Waals surface area (Å²) in [5.74, 6) is 0.899. The molecular weight excluding hydrogens is 100 g/mol. The Hall–Kier alpha value is -0.0800. The van der Waals surface area contributed by atoms with E-state index in [0.717, 1.165) is 12.5 Å². The first kappa shape index (κ1) is 4.77. The molecule has 2 unspecified atom stereocenters. The maximum atomic E-state index is 3.29. The molecule has 2 atom stereocenters. The van der Waals surface area contributed by atoms with Gasteiger partial charge in [-0.1, -0.05) is 0 Å². The molecule has 2 heteroatoms. The molecule has 0 aromatic heterocycles. The third kappa shape index (κ3) is 0.644. The van der Waals surface area contributed by atoms with Crippen molar-refractivity contribution in [2.45, 2.75) is 6.42 Å². The standard InChI is InChI=1S/C6H11N2/c1-3-7-8-4-2-6(1)5-8/h1,6-7H,2-5H2. The van der Waals surface area contributed by atoms with Crippen LogP contribution in [0.2, 0.25) is 0 Å². The van der Waals surface area contributed by atoms with Gasteiger partial charge in [-0.2, -0.15) is 0 Å². The van der Waals surface area contributed by atoms with E-state index >= 15 is 0 Å². The van der Waals surface area contributed by atoms with Gasteiger partial charge in [-0.15, -0.1) is 0 Å². The Labute approximate surface area is 49.8 Å². The van der Waals surface area contributed by atoms with Crippen molar-refractivity contribution in [2.24, 2.45) is 5.92 Å². The average Bonchev–Trinajstić information content (AvgIpc) is 2.12. The minimum absolute atomic E-state index is 0.899. The lowest BCUT2D eigenvalue weighted by molar-refractivity contribution is 0.216. The lowest BCUT2D eigenvalue weighted by Crippen LogP contribution is -2.40. The molecule has 0 aromatic rings. The smallest absolute Gasteiger partial charge is 0.0163 e. The molecular formula is C6H11N2. The average molecular weight is 111 g/mol. The fourth-order valence-corrected chi connectivity index (χ4v) is 1.47. The van der Waals surface area contributed by atoms with Crippen LogP contribution in [0.25, 0.3) is 0 Å². The van der Waals surface area contributed by atoms with Gasteiger partial charge < -0.3 is 0 Å². The van der Waals surface area contributed by atoms with Crippen LogP contribution in [0.1, 0.15) is 6.42 Å². The Kier molecular flexibility index (Phi) is 1.02. The number of fused-ring (bicyclic) bond motifs is 2. The quantitative estimate of drug-likeness (QED) is 0.474. The summed E-state index contributed by atoms with van der Waals surface area (Å²) in [6, 6.07) is 0. The van der Waals surface area contributed by atoms with Crippen molar-refractivity contribution in [3.8, 4) is 0 Å². The molecule has 1 radical (unpaired) electrons. The summed E-state index contributed by atoms with van der Waals surface area (Å²) in [5, 5.41) is 2.31. The van der Waals surface area contributed by atoms with Crippen LogP contribution in [0.15, 0.2) is 0 Å². The Balaban J connectivity index is 2.03. The van der Waals surface area contributed by atoms with Crippen molar-refractivity contribution in [1.82, 2.24) is 10.4 Å². The zero-order chi connectivity index (χ0) is 5.40. The zero-order valence-corrected chi connectivity index (χ0v) is 4.93. The van der Waals surface area contributed by atoms with Crippen LogP contribution in [0.4, 0.5) is 0 Å². The predicted octanol–water partition coefficient (Wildman–Crippen LogP) is 0.0308. The van der Waals surface area contributed by atoms with Gasteiger partial charge in [0, 0.05) is 19.6 Å². The molecule has 2 bridgehead atoms. The molecule has 1 N–H and O–H groups in total. The van der Waals surface area contributed by atoms with Gasteiger partial charge in [-0.3, -0.25) is 5.43 Å². The number of rotatable bonds is 0. The highest BCUT2D eigenvalue weighted by Gasteiger charge is 2.25. The Bertz CT molecular complexity index is 78.5. The molecule has 45 valence electrons. The zero-order valence-electron chi connectivity index (χ0n) is 4.93.